The van der Waals surface area contributed by atoms with Crippen molar-refractivity contribution in [2.24, 2.45) is 4.99 Å². The quantitative estimate of drug-likeness (QED) is 0.418. The first-order valence-corrected chi connectivity index (χ1v) is 15.1. The van der Waals surface area contributed by atoms with Crippen molar-refractivity contribution in [2.75, 3.05) is 11.9 Å². The van der Waals surface area contributed by atoms with E-state index in [9.17, 15) is 9.59 Å². The summed E-state index contributed by atoms with van der Waals surface area (Å²) in [5.74, 6) is 0.800. The Bertz CT molecular complexity index is 1510. The Morgan fingerprint density at radius 2 is 1.85 bits per heavy atom. The van der Waals surface area contributed by atoms with Crippen LogP contribution in [0.2, 0.25) is 0 Å². The van der Waals surface area contributed by atoms with Gasteiger partial charge in [-0.1, -0.05) is 55.0 Å². The molecule has 2 spiro atoms. The fourth-order valence-corrected chi connectivity index (χ4v) is 7.89. The highest BCUT2D eigenvalue weighted by Gasteiger charge is 2.51. The van der Waals surface area contributed by atoms with E-state index >= 15 is 0 Å². The SMILES string of the molecule is O=C1C(C2=CCCC=C2I)=NC2(CCCCC2)N1C/C=C/c1ccc2c(c1)CC1(C2)C(=O)Nc2ncccc21. The monoisotopic (exact) mass is 630 g/mol. The molecule has 0 bridgehead atoms. The van der Waals surface area contributed by atoms with Crippen LogP contribution in [0.5, 0.6) is 0 Å². The Morgan fingerprint density at radius 3 is 2.69 bits per heavy atom. The Kier molecular flexibility index (Phi) is 6.10. The average molecular weight is 631 g/mol. The lowest BCUT2D eigenvalue weighted by Gasteiger charge is -2.38. The zero-order valence-electron chi connectivity index (χ0n) is 21.9. The van der Waals surface area contributed by atoms with Crippen LogP contribution in [0.1, 0.15) is 67.2 Å². The van der Waals surface area contributed by atoms with Gasteiger partial charge in [0.2, 0.25) is 5.91 Å². The number of amides is 2. The summed E-state index contributed by atoms with van der Waals surface area (Å²) in [4.78, 5) is 38.3. The highest BCUT2D eigenvalue weighted by molar-refractivity contribution is 14.1. The van der Waals surface area contributed by atoms with Gasteiger partial charge in [-0.3, -0.25) is 14.6 Å². The van der Waals surface area contributed by atoms with E-state index in [1.165, 1.54) is 17.5 Å². The van der Waals surface area contributed by atoms with Crippen molar-refractivity contribution in [1.29, 1.82) is 0 Å². The van der Waals surface area contributed by atoms with Crippen molar-refractivity contribution in [3.05, 3.63) is 86.2 Å². The molecule has 1 unspecified atom stereocenters. The molecule has 3 aliphatic carbocycles. The molecule has 2 amide bonds. The molecule has 2 aromatic rings. The summed E-state index contributed by atoms with van der Waals surface area (Å²) in [7, 11) is 0. The third-order valence-corrected chi connectivity index (χ3v) is 10.1. The van der Waals surface area contributed by atoms with E-state index in [1.54, 1.807) is 6.20 Å². The molecule has 7 rings (SSSR count). The zero-order chi connectivity index (χ0) is 26.6. The predicted octanol–water partition coefficient (Wildman–Crippen LogP) is 6.07. The number of hydrogen-bond donors (Lipinski definition) is 1. The van der Waals surface area contributed by atoms with E-state index in [4.69, 9.17) is 4.99 Å². The standard InChI is InChI=1S/C32H31IN4O2/c33-26-11-3-2-9-24(26)27-29(38)37(32(36-27)14-4-1-5-15-32)17-7-8-21-12-13-22-19-31(20-23(22)18-21)25-10-6-16-34-28(25)35-30(31)39/h6-13,16,18H,1-5,14-15,17,19-20H2,(H,34,35,39)/b8-7+. The van der Waals surface area contributed by atoms with Crippen LogP contribution in [0.3, 0.4) is 0 Å². The number of anilines is 1. The number of carbonyl (C=O) groups excluding carboxylic acids is 2. The number of nitrogens with zero attached hydrogens (tertiary/aromatic N) is 3. The number of aromatic nitrogens is 1. The minimum Gasteiger partial charge on any atom is -0.310 e. The lowest BCUT2D eigenvalue weighted by atomic mass is 9.79. The highest BCUT2D eigenvalue weighted by Crippen LogP contribution is 2.47. The van der Waals surface area contributed by atoms with E-state index in [-0.39, 0.29) is 11.8 Å². The van der Waals surface area contributed by atoms with Crippen molar-refractivity contribution in [3.63, 3.8) is 0 Å². The molecule has 1 aromatic heterocycles. The second-order valence-corrected chi connectivity index (χ2v) is 12.5. The van der Waals surface area contributed by atoms with Gasteiger partial charge >= 0.3 is 0 Å². The number of carbonyl (C=O) groups is 2. The minimum atomic E-state index is -0.558. The van der Waals surface area contributed by atoms with Gasteiger partial charge in [-0.2, -0.15) is 0 Å². The third kappa shape index (κ3) is 4.03. The number of rotatable bonds is 4. The fraction of sp³-hybridized carbons (Fsp3) is 0.375. The molecule has 1 fully saturated rings. The smallest absolute Gasteiger partial charge is 0.274 e. The second kappa shape index (κ2) is 9.54. The van der Waals surface area contributed by atoms with Crippen LogP contribution in [0.25, 0.3) is 6.08 Å². The number of pyridine rings is 1. The first-order valence-electron chi connectivity index (χ1n) is 14.0. The molecule has 2 aliphatic heterocycles. The lowest BCUT2D eigenvalue weighted by Crippen LogP contribution is -2.48. The van der Waals surface area contributed by atoms with Crippen LogP contribution < -0.4 is 5.32 Å². The molecule has 198 valence electrons. The van der Waals surface area contributed by atoms with Gasteiger partial charge in [0.05, 0.1) is 5.41 Å². The maximum atomic E-state index is 13.7. The molecule has 39 heavy (non-hydrogen) atoms. The van der Waals surface area contributed by atoms with Gasteiger partial charge in [0.25, 0.3) is 5.91 Å². The molecule has 1 N–H and O–H groups in total. The summed E-state index contributed by atoms with van der Waals surface area (Å²) in [6.07, 6.45) is 19.0. The zero-order valence-corrected chi connectivity index (χ0v) is 24.0. The lowest BCUT2D eigenvalue weighted by molar-refractivity contribution is -0.128. The molecule has 3 heterocycles. The van der Waals surface area contributed by atoms with E-state index in [0.29, 0.717) is 30.9 Å². The maximum absolute atomic E-state index is 13.7. The fourth-order valence-electron chi connectivity index (χ4n) is 7.10. The van der Waals surface area contributed by atoms with Gasteiger partial charge in [0.15, 0.2) is 0 Å². The van der Waals surface area contributed by atoms with Crippen LogP contribution in [0.4, 0.5) is 5.82 Å². The van der Waals surface area contributed by atoms with E-state index in [0.717, 1.165) is 58.8 Å². The van der Waals surface area contributed by atoms with Crippen LogP contribution in [-0.4, -0.2) is 39.6 Å². The molecule has 7 heteroatoms. The molecular formula is C32H31IN4O2. The van der Waals surface area contributed by atoms with Gasteiger partial charge in [0, 0.05) is 27.5 Å². The summed E-state index contributed by atoms with van der Waals surface area (Å²) in [6, 6.07) is 10.4. The first kappa shape index (κ1) is 24.9. The Labute approximate surface area is 242 Å². The summed E-state index contributed by atoms with van der Waals surface area (Å²) >= 11 is 2.35. The number of aliphatic imine (C=N–C) groups is 1. The molecule has 6 nitrogen and oxygen atoms in total. The molecule has 1 aromatic carbocycles. The molecule has 0 radical (unpaired) electrons. The van der Waals surface area contributed by atoms with Crippen LogP contribution >= 0.6 is 22.6 Å². The van der Waals surface area contributed by atoms with E-state index in [1.807, 2.05) is 17.0 Å². The van der Waals surface area contributed by atoms with Crippen molar-refractivity contribution in [1.82, 2.24) is 9.88 Å². The van der Waals surface area contributed by atoms with Gasteiger partial charge in [-0.05, 0) is 96.7 Å². The third-order valence-electron chi connectivity index (χ3n) is 9.08. The highest BCUT2D eigenvalue weighted by atomic mass is 127. The summed E-state index contributed by atoms with van der Waals surface area (Å²) < 4.78 is 1.14. The van der Waals surface area contributed by atoms with Crippen LogP contribution in [-0.2, 0) is 27.8 Å². The van der Waals surface area contributed by atoms with Crippen molar-refractivity contribution in [3.8, 4) is 0 Å². The summed E-state index contributed by atoms with van der Waals surface area (Å²) in [6.45, 7) is 0.544. The number of nitrogens with one attached hydrogen (secondary N) is 1. The van der Waals surface area contributed by atoms with Gasteiger partial charge < -0.3 is 10.2 Å². The molecule has 0 saturated heterocycles. The average Bonchev–Trinajstić information content (AvgIpc) is 3.55. The predicted molar refractivity (Wildman–Crippen MR) is 162 cm³/mol. The number of hydrogen-bond acceptors (Lipinski definition) is 4. The Hall–Kier alpha value is -3.07. The normalized spacial score (nSPS) is 25.2. The summed E-state index contributed by atoms with van der Waals surface area (Å²) in [5.41, 5.74) is 5.22. The van der Waals surface area contributed by atoms with Crippen molar-refractivity contribution in [2.45, 2.75) is 68.9 Å². The van der Waals surface area contributed by atoms with Gasteiger partial charge in [0.1, 0.15) is 17.2 Å². The van der Waals surface area contributed by atoms with Crippen LogP contribution in [0.15, 0.2) is 68.9 Å². The number of fused-ring (bicyclic) bond motifs is 3. The Balaban J connectivity index is 1.12. The molecular weight excluding hydrogens is 599 g/mol. The van der Waals surface area contributed by atoms with E-state index < -0.39 is 11.1 Å². The number of halogens is 1. The second-order valence-electron chi connectivity index (χ2n) is 11.4. The number of allylic oxidation sites excluding steroid dienone is 3. The maximum Gasteiger partial charge on any atom is 0.274 e. The summed E-state index contributed by atoms with van der Waals surface area (Å²) in [5, 5.41) is 2.99. The molecule has 5 aliphatic rings. The minimum absolute atomic E-state index is 0.0446. The van der Waals surface area contributed by atoms with E-state index in [2.05, 4.69) is 75.4 Å². The first-order chi connectivity index (χ1) is 19.0. The largest absolute Gasteiger partial charge is 0.310 e. The van der Waals surface area contributed by atoms with Gasteiger partial charge in [-0.25, -0.2) is 4.98 Å². The molecule has 1 saturated carbocycles. The molecule has 1 atom stereocenters. The van der Waals surface area contributed by atoms with Crippen LogP contribution in [0, 0.1) is 0 Å². The number of benzene rings is 1. The topological polar surface area (TPSA) is 74.7 Å². The Morgan fingerprint density at radius 1 is 1.03 bits per heavy atom. The van der Waals surface area contributed by atoms with Crippen molar-refractivity contribution >= 4 is 52.0 Å². The van der Waals surface area contributed by atoms with Crippen molar-refractivity contribution < 1.29 is 9.59 Å². The van der Waals surface area contributed by atoms with Gasteiger partial charge in [-0.15, -0.1) is 0 Å².